The fraction of sp³-hybridized carbons (Fsp3) is 0.471. The Morgan fingerprint density at radius 2 is 1.81 bits per heavy atom. The highest BCUT2D eigenvalue weighted by molar-refractivity contribution is 7.89. The summed E-state index contributed by atoms with van der Waals surface area (Å²) in [6.45, 7) is 3.79. The van der Waals surface area contributed by atoms with E-state index in [-0.39, 0.29) is 10.5 Å². The molecule has 148 valence electrons. The highest BCUT2D eigenvalue weighted by Crippen LogP contribution is 2.23. The van der Waals surface area contributed by atoms with Crippen LogP contribution >= 0.6 is 0 Å². The maximum absolute atomic E-state index is 12.8. The van der Waals surface area contributed by atoms with Crippen LogP contribution < -0.4 is 11.1 Å². The van der Waals surface area contributed by atoms with E-state index in [9.17, 15) is 22.8 Å². The molecule has 0 aromatic heterocycles. The van der Waals surface area contributed by atoms with Gasteiger partial charge in [-0.05, 0) is 44.4 Å². The van der Waals surface area contributed by atoms with Crippen molar-refractivity contribution in [3.05, 3.63) is 29.3 Å². The lowest BCUT2D eigenvalue weighted by atomic mass is 10.1. The number of carbonyl (C=O) groups is 3. The van der Waals surface area contributed by atoms with Crippen LogP contribution in [0.1, 0.15) is 42.1 Å². The minimum atomic E-state index is -3.71. The molecular formula is C17H23N3O6S. The molecule has 1 aliphatic rings. The molecule has 2 rings (SSSR count). The largest absolute Gasteiger partial charge is 0.449 e. The number of benzene rings is 1. The van der Waals surface area contributed by atoms with Crippen molar-refractivity contribution in [3.8, 4) is 0 Å². The number of primary amides is 1. The molecule has 1 aromatic rings. The number of aryl methyl sites for hydroxylation is 1. The van der Waals surface area contributed by atoms with Crippen molar-refractivity contribution in [1.29, 1.82) is 0 Å². The van der Waals surface area contributed by atoms with E-state index in [1.165, 1.54) is 29.4 Å². The third-order valence-electron chi connectivity index (χ3n) is 4.28. The van der Waals surface area contributed by atoms with Gasteiger partial charge in [0.2, 0.25) is 10.0 Å². The number of urea groups is 1. The lowest BCUT2D eigenvalue weighted by molar-refractivity contribution is -0.127. The van der Waals surface area contributed by atoms with Crippen molar-refractivity contribution in [2.75, 3.05) is 13.1 Å². The number of hydrogen-bond acceptors (Lipinski definition) is 6. The number of imide groups is 1. The number of rotatable bonds is 5. The predicted molar refractivity (Wildman–Crippen MR) is 96.4 cm³/mol. The van der Waals surface area contributed by atoms with Crippen molar-refractivity contribution in [2.45, 2.75) is 44.1 Å². The number of piperidine rings is 1. The number of nitrogens with two attached hydrogens (primary N) is 1. The second kappa shape index (κ2) is 8.49. The van der Waals surface area contributed by atoms with Gasteiger partial charge in [0.15, 0.2) is 6.10 Å². The number of amides is 3. The van der Waals surface area contributed by atoms with E-state index in [1.807, 2.05) is 5.32 Å². The molecular weight excluding hydrogens is 374 g/mol. The molecule has 1 aliphatic heterocycles. The van der Waals surface area contributed by atoms with Gasteiger partial charge in [0.25, 0.3) is 5.91 Å². The van der Waals surface area contributed by atoms with Crippen LogP contribution in [0.3, 0.4) is 0 Å². The Hall–Kier alpha value is -2.46. The summed E-state index contributed by atoms with van der Waals surface area (Å²) in [6, 6.07) is 3.15. The zero-order valence-electron chi connectivity index (χ0n) is 15.2. The van der Waals surface area contributed by atoms with Crippen LogP contribution in [0, 0.1) is 6.92 Å². The molecule has 0 radical (unpaired) electrons. The summed E-state index contributed by atoms with van der Waals surface area (Å²) in [4.78, 5) is 34.7. The molecule has 1 saturated heterocycles. The lowest BCUT2D eigenvalue weighted by Crippen LogP contribution is -2.42. The van der Waals surface area contributed by atoms with Crippen molar-refractivity contribution in [2.24, 2.45) is 5.73 Å². The van der Waals surface area contributed by atoms with E-state index < -0.39 is 34.0 Å². The first-order chi connectivity index (χ1) is 12.6. The van der Waals surface area contributed by atoms with Gasteiger partial charge in [-0.3, -0.25) is 10.1 Å². The fourth-order valence-electron chi connectivity index (χ4n) is 2.74. The Bertz CT molecular complexity index is 846. The van der Waals surface area contributed by atoms with Gasteiger partial charge in [0.1, 0.15) is 0 Å². The van der Waals surface area contributed by atoms with Gasteiger partial charge in [-0.15, -0.1) is 0 Å². The van der Waals surface area contributed by atoms with Crippen molar-refractivity contribution >= 4 is 27.9 Å². The van der Waals surface area contributed by atoms with Crippen molar-refractivity contribution < 1.29 is 27.5 Å². The van der Waals surface area contributed by atoms with Crippen molar-refractivity contribution in [1.82, 2.24) is 9.62 Å². The molecule has 1 atom stereocenters. The summed E-state index contributed by atoms with van der Waals surface area (Å²) in [5, 5.41) is 1.81. The summed E-state index contributed by atoms with van der Waals surface area (Å²) in [5.74, 6) is -1.74. The number of hydrogen-bond donors (Lipinski definition) is 2. The van der Waals surface area contributed by atoms with Crippen LogP contribution in [-0.2, 0) is 19.6 Å². The molecule has 0 saturated carbocycles. The quantitative estimate of drug-likeness (QED) is 0.709. The first-order valence-corrected chi connectivity index (χ1v) is 9.99. The average Bonchev–Trinajstić information content (AvgIpc) is 2.61. The fourth-order valence-corrected chi connectivity index (χ4v) is 4.28. The maximum atomic E-state index is 12.8. The summed E-state index contributed by atoms with van der Waals surface area (Å²) < 4.78 is 32.0. The highest BCUT2D eigenvalue weighted by atomic mass is 32.2. The summed E-state index contributed by atoms with van der Waals surface area (Å²) >= 11 is 0. The summed E-state index contributed by atoms with van der Waals surface area (Å²) in [5.41, 5.74) is 5.39. The smallest absolute Gasteiger partial charge is 0.339 e. The minimum Gasteiger partial charge on any atom is -0.449 e. The SMILES string of the molecule is Cc1ccc(S(=O)(=O)N2CCCCC2)cc1C(=O)OC(C)C(=O)NC(N)=O. The zero-order chi connectivity index (χ0) is 20.2. The zero-order valence-corrected chi connectivity index (χ0v) is 16.0. The Labute approximate surface area is 157 Å². The molecule has 1 fully saturated rings. The van der Waals surface area contributed by atoms with Crippen LogP contribution in [-0.4, -0.2) is 49.8 Å². The molecule has 3 N–H and O–H groups in total. The third kappa shape index (κ3) is 5.04. The van der Waals surface area contributed by atoms with Gasteiger partial charge in [0, 0.05) is 13.1 Å². The van der Waals surface area contributed by atoms with Gasteiger partial charge < -0.3 is 10.5 Å². The molecule has 27 heavy (non-hydrogen) atoms. The van der Waals surface area contributed by atoms with Crippen molar-refractivity contribution in [3.63, 3.8) is 0 Å². The highest BCUT2D eigenvalue weighted by Gasteiger charge is 2.28. The third-order valence-corrected chi connectivity index (χ3v) is 6.18. The minimum absolute atomic E-state index is 0.00353. The molecule has 3 amide bonds. The Balaban J connectivity index is 2.22. The van der Waals surface area contributed by atoms with Gasteiger partial charge >= 0.3 is 12.0 Å². The molecule has 0 spiro atoms. The van der Waals surface area contributed by atoms with Crippen LogP contribution in [0.25, 0.3) is 0 Å². The number of nitrogens with one attached hydrogen (secondary N) is 1. The molecule has 9 nitrogen and oxygen atoms in total. The van der Waals surface area contributed by atoms with Crippen LogP contribution in [0.4, 0.5) is 4.79 Å². The number of nitrogens with zero attached hydrogens (tertiary/aromatic N) is 1. The normalized spacial score (nSPS) is 16.4. The Morgan fingerprint density at radius 1 is 1.19 bits per heavy atom. The van der Waals surface area contributed by atoms with E-state index in [2.05, 4.69) is 0 Å². The summed E-state index contributed by atoms with van der Waals surface area (Å²) in [6.07, 6.45) is 1.31. The number of esters is 1. The number of sulfonamides is 1. The molecule has 0 bridgehead atoms. The number of ether oxygens (including phenoxy) is 1. The van der Waals surface area contributed by atoms with Crippen LogP contribution in [0.5, 0.6) is 0 Å². The topological polar surface area (TPSA) is 136 Å². The Morgan fingerprint density at radius 3 is 2.41 bits per heavy atom. The molecule has 1 aromatic carbocycles. The van der Waals surface area contributed by atoms with Gasteiger partial charge in [-0.25, -0.2) is 18.0 Å². The van der Waals surface area contributed by atoms with Gasteiger partial charge in [-0.2, -0.15) is 4.31 Å². The average molecular weight is 397 g/mol. The lowest BCUT2D eigenvalue weighted by Gasteiger charge is -2.26. The van der Waals surface area contributed by atoms with E-state index >= 15 is 0 Å². The second-order valence-electron chi connectivity index (χ2n) is 6.34. The van der Waals surface area contributed by atoms with E-state index in [0.29, 0.717) is 18.7 Å². The molecule has 1 heterocycles. The van der Waals surface area contributed by atoms with Crippen LogP contribution in [0.2, 0.25) is 0 Å². The molecule has 0 aliphatic carbocycles. The standard InChI is InChI=1S/C17H23N3O6S/c1-11-6-7-13(27(24,25)20-8-4-3-5-9-20)10-14(11)16(22)26-12(2)15(21)19-17(18)23/h6-7,10,12H,3-5,8-9H2,1-2H3,(H3,18,19,21,23). The van der Waals surface area contributed by atoms with E-state index in [1.54, 1.807) is 6.92 Å². The molecule has 1 unspecified atom stereocenters. The van der Waals surface area contributed by atoms with E-state index in [4.69, 9.17) is 10.5 Å². The maximum Gasteiger partial charge on any atom is 0.339 e. The predicted octanol–water partition coefficient (Wildman–Crippen LogP) is 0.910. The van der Waals surface area contributed by atoms with E-state index in [0.717, 1.165) is 19.3 Å². The molecule has 10 heteroatoms. The van der Waals surface area contributed by atoms with Gasteiger partial charge in [0.05, 0.1) is 10.5 Å². The van der Waals surface area contributed by atoms with Gasteiger partial charge in [-0.1, -0.05) is 12.5 Å². The first-order valence-electron chi connectivity index (χ1n) is 8.55. The Kier molecular flexibility index (Phi) is 6.55. The monoisotopic (exact) mass is 397 g/mol. The first kappa shape index (κ1) is 20.8. The summed E-state index contributed by atoms with van der Waals surface area (Å²) in [7, 11) is -3.71. The number of carbonyl (C=O) groups excluding carboxylic acids is 3. The second-order valence-corrected chi connectivity index (χ2v) is 8.28. The van der Waals surface area contributed by atoms with Crippen LogP contribution in [0.15, 0.2) is 23.1 Å².